The van der Waals surface area contributed by atoms with Gasteiger partial charge in [0.1, 0.15) is 6.26 Å². The first-order chi connectivity index (χ1) is 14.7. The van der Waals surface area contributed by atoms with Crippen molar-refractivity contribution < 1.29 is 35.6 Å². The van der Waals surface area contributed by atoms with Crippen molar-refractivity contribution in [3.05, 3.63) is 41.3 Å². The second-order valence-electron chi connectivity index (χ2n) is 6.99. The van der Waals surface area contributed by atoms with Gasteiger partial charge in [-0.1, -0.05) is 6.07 Å². The Kier molecular flexibility index (Phi) is 7.51. The van der Waals surface area contributed by atoms with Gasteiger partial charge in [-0.3, -0.25) is 9.59 Å². The monoisotopic (exact) mass is 477 g/mol. The normalized spacial score (nSPS) is 12.0. The van der Waals surface area contributed by atoms with Crippen LogP contribution in [0.5, 0.6) is 0 Å². The fraction of sp³-hybridized carbons (Fsp3) is 0.389. The Balaban J connectivity index is 2.07. The van der Waals surface area contributed by atoms with E-state index in [4.69, 9.17) is 4.42 Å². The highest BCUT2D eigenvalue weighted by Gasteiger charge is 2.31. The van der Waals surface area contributed by atoms with E-state index < -0.39 is 33.6 Å². The van der Waals surface area contributed by atoms with Crippen molar-refractivity contribution in [1.82, 2.24) is 18.9 Å². The molecule has 14 heteroatoms. The second-order valence-corrected chi connectivity index (χ2v) is 8.76. The summed E-state index contributed by atoms with van der Waals surface area (Å²) in [7, 11) is -0.0392. The van der Waals surface area contributed by atoms with Gasteiger partial charge in [0.15, 0.2) is 5.69 Å². The Morgan fingerprint density at radius 2 is 1.84 bits per heavy atom. The number of benzene rings is 1. The van der Waals surface area contributed by atoms with Gasteiger partial charge in [-0.25, -0.2) is 4.72 Å². The van der Waals surface area contributed by atoms with Crippen LogP contribution in [0.15, 0.2) is 28.9 Å². The van der Waals surface area contributed by atoms with E-state index in [1.807, 2.05) is 0 Å². The third-order valence-electron chi connectivity index (χ3n) is 4.31. The van der Waals surface area contributed by atoms with Crippen LogP contribution in [-0.2, 0) is 21.2 Å². The predicted molar refractivity (Wildman–Crippen MR) is 108 cm³/mol. The number of amides is 2. The van der Waals surface area contributed by atoms with Gasteiger partial charge in [0.25, 0.3) is 11.9 Å². The van der Waals surface area contributed by atoms with Crippen LogP contribution in [0.25, 0.3) is 0 Å². The summed E-state index contributed by atoms with van der Waals surface area (Å²) in [6, 6.07) is 2.72. The number of alkyl halides is 3. The molecule has 2 aromatic rings. The van der Waals surface area contributed by atoms with Crippen molar-refractivity contribution in [1.29, 1.82) is 0 Å². The molecule has 0 fully saturated rings. The number of carbonyl (C=O) groups is 2. The van der Waals surface area contributed by atoms with E-state index in [0.29, 0.717) is 5.56 Å². The highest BCUT2D eigenvalue weighted by molar-refractivity contribution is 7.87. The zero-order valence-electron chi connectivity index (χ0n) is 17.6. The molecule has 0 atom stereocenters. The topological polar surface area (TPSA) is 125 Å². The lowest BCUT2D eigenvalue weighted by molar-refractivity contribution is -0.137. The molecule has 1 heterocycles. The number of nitrogens with zero attached hydrogens (tertiary/aromatic N) is 3. The van der Waals surface area contributed by atoms with E-state index >= 15 is 0 Å². The SMILES string of the molecule is Cc1ccc(C(F)(F)F)cc1Nc1nc(C(=O)NS(=O)(=O)N(C)CCC(=O)N(C)C)co1. The standard InChI is InChI=1S/C18H22F3N5O5S/c1-11-5-6-12(18(19,20)21)9-13(11)22-17-23-14(10-31-17)16(28)24-32(29,30)26(4)8-7-15(27)25(2)3/h5-6,9-10H,7-8H2,1-4H3,(H,22,23)(H,24,28). The minimum atomic E-state index is -4.55. The molecular weight excluding hydrogens is 455 g/mol. The molecule has 0 aliphatic rings. The van der Waals surface area contributed by atoms with Gasteiger partial charge in [0.05, 0.1) is 5.56 Å². The van der Waals surface area contributed by atoms with Crippen LogP contribution < -0.4 is 10.0 Å². The maximum absolute atomic E-state index is 12.9. The van der Waals surface area contributed by atoms with Crippen molar-refractivity contribution in [2.75, 3.05) is 33.0 Å². The molecule has 0 saturated heterocycles. The van der Waals surface area contributed by atoms with Crippen LogP contribution in [0, 0.1) is 6.92 Å². The first-order valence-corrected chi connectivity index (χ1v) is 10.5. The van der Waals surface area contributed by atoms with Gasteiger partial charge in [-0.15, -0.1) is 0 Å². The third kappa shape index (κ3) is 6.43. The molecule has 0 radical (unpaired) electrons. The van der Waals surface area contributed by atoms with E-state index in [0.717, 1.165) is 22.7 Å². The average molecular weight is 477 g/mol. The summed E-state index contributed by atoms with van der Waals surface area (Å²) in [4.78, 5) is 28.9. The van der Waals surface area contributed by atoms with Crippen molar-refractivity contribution in [2.45, 2.75) is 19.5 Å². The van der Waals surface area contributed by atoms with E-state index in [1.165, 1.54) is 32.1 Å². The molecule has 0 unspecified atom stereocenters. The summed E-state index contributed by atoms with van der Waals surface area (Å²) in [6.07, 6.45) is -3.79. The molecule has 0 saturated carbocycles. The zero-order chi connectivity index (χ0) is 24.3. The summed E-state index contributed by atoms with van der Waals surface area (Å²) in [6.45, 7) is 1.39. The Morgan fingerprint density at radius 3 is 2.44 bits per heavy atom. The summed E-state index contributed by atoms with van der Waals surface area (Å²) >= 11 is 0. The van der Waals surface area contributed by atoms with Crippen LogP contribution in [-0.4, -0.2) is 62.1 Å². The van der Waals surface area contributed by atoms with E-state index in [1.54, 1.807) is 11.6 Å². The van der Waals surface area contributed by atoms with Crippen molar-refractivity contribution in [3.63, 3.8) is 0 Å². The maximum atomic E-state index is 12.9. The number of hydrogen-bond donors (Lipinski definition) is 2. The Morgan fingerprint density at radius 1 is 1.19 bits per heavy atom. The molecule has 0 bridgehead atoms. The van der Waals surface area contributed by atoms with Gasteiger partial charge in [0.2, 0.25) is 5.91 Å². The number of oxazole rings is 1. The largest absolute Gasteiger partial charge is 0.431 e. The van der Waals surface area contributed by atoms with Gasteiger partial charge in [-0.2, -0.15) is 30.9 Å². The lowest BCUT2D eigenvalue weighted by Crippen LogP contribution is -2.42. The molecule has 32 heavy (non-hydrogen) atoms. The Labute approximate surface area is 182 Å². The molecule has 1 aromatic heterocycles. The predicted octanol–water partition coefficient (Wildman–Crippen LogP) is 2.13. The van der Waals surface area contributed by atoms with Gasteiger partial charge < -0.3 is 14.6 Å². The number of halogens is 3. The minimum absolute atomic E-state index is 0.0477. The smallest absolute Gasteiger partial charge is 0.416 e. The van der Waals surface area contributed by atoms with Gasteiger partial charge >= 0.3 is 16.4 Å². The summed E-state index contributed by atoms with van der Waals surface area (Å²) in [5.74, 6) is -1.41. The molecule has 176 valence electrons. The Bertz CT molecular complexity index is 1100. The van der Waals surface area contributed by atoms with Gasteiger partial charge in [0, 0.05) is 39.8 Å². The fourth-order valence-electron chi connectivity index (χ4n) is 2.33. The van der Waals surface area contributed by atoms with Crippen LogP contribution >= 0.6 is 0 Å². The van der Waals surface area contributed by atoms with Crippen molar-refractivity contribution >= 4 is 33.7 Å². The lowest BCUT2D eigenvalue weighted by Gasteiger charge is -2.18. The van der Waals surface area contributed by atoms with E-state index in [-0.39, 0.29) is 30.6 Å². The maximum Gasteiger partial charge on any atom is 0.416 e. The summed E-state index contributed by atoms with van der Waals surface area (Å²) < 4.78 is 70.8. The van der Waals surface area contributed by atoms with Crippen LogP contribution in [0.1, 0.15) is 28.0 Å². The van der Waals surface area contributed by atoms with Crippen molar-refractivity contribution in [2.24, 2.45) is 0 Å². The molecule has 0 spiro atoms. The fourth-order valence-corrected chi connectivity index (χ4v) is 3.15. The quantitative estimate of drug-likeness (QED) is 0.597. The van der Waals surface area contributed by atoms with Crippen molar-refractivity contribution in [3.8, 4) is 0 Å². The number of anilines is 2. The number of carbonyl (C=O) groups excluding carboxylic acids is 2. The highest BCUT2D eigenvalue weighted by Crippen LogP contribution is 2.32. The average Bonchev–Trinajstić information content (AvgIpc) is 3.14. The number of aryl methyl sites for hydroxylation is 1. The third-order valence-corrected chi connectivity index (χ3v) is 5.76. The molecule has 2 N–H and O–H groups in total. The molecule has 2 rings (SSSR count). The molecular formula is C18H22F3N5O5S. The Hall–Kier alpha value is -3.13. The van der Waals surface area contributed by atoms with Crippen LogP contribution in [0.2, 0.25) is 0 Å². The molecule has 0 aliphatic carbocycles. The van der Waals surface area contributed by atoms with E-state index in [2.05, 4.69) is 10.3 Å². The molecule has 10 nitrogen and oxygen atoms in total. The molecule has 2 amide bonds. The summed E-state index contributed by atoms with van der Waals surface area (Å²) in [5, 5.41) is 2.53. The second kappa shape index (κ2) is 9.56. The number of hydrogen-bond acceptors (Lipinski definition) is 7. The zero-order valence-corrected chi connectivity index (χ0v) is 18.5. The number of nitrogens with one attached hydrogen (secondary N) is 2. The van der Waals surface area contributed by atoms with Crippen LogP contribution in [0.4, 0.5) is 24.9 Å². The van der Waals surface area contributed by atoms with E-state index in [9.17, 15) is 31.2 Å². The molecule has 1 aromatic carbocycles. The first-order valence-electron chi connectivity index (χ1n) is 9.09. The van der Waals surface area contributed by atoms with Gasteiger partial charge in [-0.05, 0) is 24.6 Å². The minimum Gasteiger partial charge on any atom is -0.431 e. The van der Waals surface area contributed by atoms with Crippen LogP contribution in [0.3, 0.4) is 0 Å². The lowest BCUT2D eigenvalue weighted by atomic mass is 10.1. The molecule has 0 aliphatic heterocycles. The first kappa shape index (κ1) is 25.1. The highest BCUT2D eigenvalue weighted by atomic mass is 32.2. The number of rotatable bonds is 8. The summed E-state index contributed by atoms with van der Waals surface area (Å²) in [5.41, 5.74) is -0.805. The number of aromatic nitrogens is 1.